The Balaban J connectivity index is 1.80. The highest BCUT2D eigenvalue weighted by Crippen LogP contribution is 2.28. The molecule has 1 aliphatic rings. The zero-order valence-corrected chi connectivity index (χ0v) is 19.8. The number of halogens is 1. The van der Waals surface area contributed by atoms with Gasteiger partial charge in [0.1, 0.15) is 6.04 Å². The number of hydrogen-bond acceptors (Lipinski definition) is 4. The fourth-order valence-corrected chi connectivity index (χ4v) is 5.29. The van der Waals surface area contributed by atoms with E-state index in [1.54, 1.807) is 25.1 Å². The summed E-state index contributed by atoms with van der Waals surface area (Å²) in [4.78, 5) is 15.4. The van der Waals surface area contributed by atoms with Crippen molar-refractivity contribution in [3.8, 4) is 0 Å². The van der Waals surface area contributed by atoms with E-state index in [0.717, 1.165) is 34.9 Å². The average Bonchev–Trinajstić information content (AvgIpc) is 2.74. The van der Waals surface area contributed by atoms with Crippen molar-refractivity contribution < 1.29 is 13.2 Å². The summed E-state index contributed by atoms with van der Waals surface area (Å²) in [7, 11) is -3.71. The Morgan fingerprint density at radius 2 is 1.77 bits per heavy atom. The van der Waals surface area contributed by atoms with Crippen LogP contribution in [0.2, 0.25) is 5.02 Å². The van der Waals surface area contributed by atoms with Crippen molar-refractivity contribution in [3.05, 3.63) is 53.1 Å². The summed E-state index contributed by atoms with van der Waals surface area (Å²) >= 11 is 6.22. The summed E-state index contributed by atoms with van der Waals surface area (Å²) in [6.07, 6.45) is 5.08. The Kier molecular flexibility index (Phi) is 7.49. The van der Waals surface area contributed by atoms with Crippen molar-refractivity contribution in [2.75, 3.05) is 33.9 Å². The van der Waals surface area contributed by atoms with Crippen LogP contribution in [0.5, 0.6) is 0 Å². The lowest BCUT2D eigenvalue weighted by molar-refractivity contribution is -0.117. The van der Waals surface area contributed by atoms with Gasteiger partial charge in [-0.25, -0.2) is 8.42 Å². The van der Waals surface area contributed by atoms with Crippen molar-refractivity contribution in [1.29, 1.82) is 0 Å². The number of rotatable bonds is 7. The minimum atomic E-state index is -3.71. The Labute approximate surface area is 190 Å². The number of benzene rings is 2. The fourth-order valence-electron chi connectivity index (χ4n) is 3.91. The van der Waals surface area contributed by atoms with Crippen LogP contribution in [0.15, 0.2) is 42.5 Å². The summed E-state index contributed by atoms with van der Waals surface area (Å²) in [6.45, 7) is 5.73. The molecule has 0 spiro atoms. The molecule has 1 fully saturated rings. The van der Waals surface area contributed by atoms with E-state index < -0.39 is 16.1 Å². The van der Waals surface area contributed by atoms with Crippen molar-refractivity contribution in [3.63, 3.8) is 0 Å². The van der Waals surface area contributed by atoms with Crippen LogP contribution in [-0.4, -0.2) is 39.7 Å². The Hall–Kier alpha value is -2.25. The zero-order valence-electron chi connectivity index (χ0n) is 18.3. The first kappa shape index (κ1) is 23.4. The van der Waals surface area contributed by atoms with Crippen molar-refractivity contribution in [2.45, 2.75) is 45.6 Å². The maximum atomic E-state index is 13.1. The predicted octanol–water partition coefficient (Wildman–Crippen LogP) is 4.82. The first-order valence-corrected chi connectivity index (χ1v) is 12.8. The van der Waals surface area contributed by atoms with Crippen LogP contribution in [0.4, 0.5) is 17.1 Å². The molecule has 3 rings (SSSR count). The monoisotopic (exact) mass is 463 g/mol. The summed E-state index contributed by atoms with van der Waals surface area (Å²) in [5, 5.41) is 3.33. The number of piperidine rings is 1. The summed E-state index contributed by atoms with van der Waals surface area (Å²) in [5.41, 5.74) is 2.99. The van der Waals surface area contributed by atoms with Gasteiger partial charge in [0.05, 0.1) is 11.9 Å². The third-order valence-electron chi connectivity index (χ3n) is 5.60. The third kappa shape index (κ3) is 5.71. The molecule has 1 heterocycles. The quantitative estimate of drug-likeness (QED) is 0.638. The van der Waals surface area contributed by atoms with Gasteiger partial charge in [-0.2, -0.15) is 0 Å². The molecule has 0 aliphatic carbocycles. The minimum Gasteiger partial charge on any atom is -0.372 e. The van der Waals surface area contributed by atoms with Crippen molar-refractivity contribution >= 4 is 44.6 Å². The maximum absolute atomic E-state index is 13.1. The molecule has 8 heteroatoms. The van der Waals surface area contributed by atoms with Crippen molar-refractivity contribution in [1.82, 2.24) is 0 Å². The van der Waals surface area contributed by atoms with Gasteiger partial charge in [-0.05, 0) is 74.6 Å². The van der Waals surface area contributed by atoms with E-state index in [4.69, 9.17) is 11.6 Å². The topological polar surface area (TPSA) is 69.7 Å². The molecule has 1 saturated heterocycles. The second kappa shape index (κ2) is 9.92. The van der Waals surface area contributed by atoms with E-state index in [1.807, 2.05) is 31.2 Å². The lowest BCUT2D eigenvalue weighted by Gasteiger charge is -2.30. The van der Waals surface area contributed by atoms with E-state index in [-0.39, 0.29) is 5.91 Å². The lowest BCUT2D eigenvalue weighted by atomic mass is 10.1. The Morgan fingerprint density at radius 3 is 2.32 bits per heavy atom. The molecule has 1 amide bonds. The van der Waals surface area contributed by atoms with Gasteiger partial charge in [0, 0.05) is 29.5 Å². The largest absolute Gasteiger partial charge is 0.372 e. The normalized spacial score (nSPS) is 15.4. The minimum absolute atomic E-state index is 0.316. The number of anilines is 3. The number of carbonyl (C=O) groups is 1. The average molecular weight is 464 g/mol. The highest BCUT2D eigenvalue weighted by molar-refractivity contribution is 7.92. The fraction of sp³-hybridized carbons (Fsp3) is 0.435. The molecular formula is C23H30ClN3O3S. The lowest BCUT2D eigenvalue weighted by Crippen LogP contribution is -2.47. The molecule has 31 heavy (non-hydrogen) atoms. The number of amides is 1. The molecule has 1 aliphatic heterocycles. The standard InChI is InChI=1S/C23H30ClN3O3S/c1-4-22(27(31(3,29)30)20-11-8-17(2)21(24)16-20)23(28)25-18-9-12-19(13-10-18)26-14-6-5-7-15-26/h8-13,16,22H,4-7,14-15H2,1-3H3,(H,25,28). The zero-order chi connectivity index (χ0) is 22.6. The van der Waals surface area contributed by atoms with Crippen LogP contribution in [0, 0.1) is 6.92 Å². The van der Waals surface area contributed by atoms with Gasteiger partial charge in [-0.3, -0.25) is 9.10 Å². The van der Waals surface area contributed by atoms with Crippen molar-refractivity contribution in [2.24, 2.45) is 0 Å². The maximum Gasteiger partial charge on any atom is 0.248 e. The molecule has 0 bridgehead atoms. The first-order valence-electron chi connectivity index (χ1n) is 10.6. The molecule has 0 saturated carbocycles. The van der Waals surface area contributed by atoms with Gasteiger partial charge < -0.3 is 10.2 Å². The van der Waals surface area contributed by atoms with Crippen LogP contribution in [0.3, 0.4) is 0 Å². The molecule has 2 aromatic rings. The Morgan fingerprint density at radius 1 is 1.13 bits per heavy atom. The highest BCUT2D eigenvalue weighted by atomic mass is 35.5. The van der Waals surface area contributed by atoms with Gasteiger partial charge in [-0.15, -0.1) is 0 Å². The molecule has 1 unspecified atom stereocenters. The van der Waals surface area contributed by atoms with Crippen LogP contribution >= 0.6 is 11.6 Å². The SMILES string of the molecule is CCC(C(=O)Nc1ccc(N2CCCCC2)cc1)N(c1ccc(C)c(Cl)c1)S(C)(=O)=O. The number of nitrogens with zero attached hydrogens (tertiary/aromatic N) is 2. The number of nitrogens with one attached hydrogen (secondary N) is 1. The summed E-state index contributed by atoms with van der Waals surface area (Å²) in [5.74, 6) is -0.379. The van der Waals surface area contributed by atoms with E-state index in [9.17, 15) is 13.2 Å². The van der Waals surface area contributed by atoms with E-state index in [0.29, 0.717) is 22.8 Å². The van der Waals surface area contributed by atoms with E-state index >= 15 is 0 Å². The molecule has 6 nitrogen and oxygen atoms in total. The van der Waals surface area contributed by atoms with Crippen LogP contribution in [-0.2, 0) is 14.8 Å². The van der Waals surface area contributed by atoms with Gasteiger partial charge in [0.25, 0.3) is 0 Å². The molecule has 0 radical (unpaired) electrons. The number of sulfonamides is 1. The Bertz CT molecular complexity index is 1020. The van der Waals surface area contributed by atoms with E-state index in [1.165, 1.54) is 19.3 Å². The second-order valence-corrected chi connectivity index (χ2v) is 10.3. The summed E-state index contributed by atoms with van der Waals surface area (Å²) in [6, 6.07) is 11.8. The number of hydrogen-bond donors (Lipinski definition) is 1. The van der Waals surface area contributed by atoms with Crippen LogP contribution < -0.4 is 14.5 Å². The van der Waals surface area contributed by atoms with Gasteiger partial charge in [0.2, 0.25) is 15.9 Å². The van der Waals surface area contributed by atoms with Crippen LogP contribution in [0.25, 0.3) is 0 Å². The van der Waals surface area contributed by atoms with Gasteiger partial charge >= 0.3 is 0 Å². The second-order valence-electron chi connectivity index (χ2n) is 8.00. The molecule has 1 atom stereocenters. The first-order chi connectivity index (χ1) is 14.7. The van der Waals surface area contributed by atoms with E-state index in [2.05, 4.69) is 10.2 Å². The molecular weight excluding hydrogens is 434 g/mol. The molecule has 168 valence electrons. The number of aryl methyl sites for hydroxylation is 1. The van der Waals surface area contributed by atoms with Crippen LogP contribution in [0.1, 0.15) is 38.2 Å². The van der Waals surface area contributed by atoms with Gasteiger partial charge in [0.15, 0.2) is 0 Å². The molecule has 1 N–H and O–H groups in total. The highest BCUT2D eigenvalue weighted by Gasteiger charge is 2.31. The third-order valence-corrected chi connectivity index (χ3v) is 7.18. The predicted molar refractivity (Wildman–Crippen MR) is 129 cm³/mol. The smallest absolute Gasteiger partial charge is 0.248 e. The summed E-state index contributed by atoms with van der Waals surface area (Å²) < 4.78 is 26.4. The number of carbonyl (C=O) groups excluding carboxylic acids is 1. The van der Waals surface area contributed by atoms with Gasteiger partial charge in [-0.1, -0.05) is 24.6 Å². The molecule has 0 aromatic heterocycles. The molecule has 2 aromatic carbocycles.